The van der Waals surface area contributed by atoms with Crippen LogP contribution in [0.1, 0.15) is 44.9 Å². The van der Waals surface area contributed by atoms with E-state index in [0.29, 0.717) is 6.54 Å². The molecule has 0 aliphatic carbocycles. The highest BCUT2D eigenvalue weighted by molar-refractivity contribution is 5.94. The van der Waals surface area contributed by atoms with Gasteiger partial charge in [-0.1, -0.05) is 44.2 Å². The van der Waals surface area contributed by atoms with Gasteiger partial charge < -0.3 is 4.74 Å². The van der Waals surface area contributed by atoms with E-state index in [1.165, 1.54) is 5.56 Å². The highest BCUT2D eigenvalue weighted by atomic mass is 16.5. The average Bonchev–Trinajstić information content (AvgIpc) is 3.55. The molecule has 1 aliphatic rings. The fourth-order valence-corrected chi connectivity index (χ4v) is 4.40. The summed E-state index contributed by atoms with van der Waals surface area (Å²) >= 11 is 0. The highest BCUT2D eigenvalue weighted by Crippen LogP contribution is 2.34. The first-order valence-corrected chi connectivity index (χ1v) is 12.3. The van der Waals surface area contributed by atoms with Crippen LogP contribution in [0.3, 0.4) is 0 Å². The largest absolute Gasteiger partial charge is 0.356 e. The molecule has 1 fully saturated rings. The SMILES string of the molecule is CC.c1ccc(Cn2cc(-c3nn(C4CCCCO4)c4cnc(-c5cccnc5)cc34)cn2)cc1. The summed E-state index contributed by atoms with van der Waals surface area (Å²) in [5.41, 5.74) is 5.91. The normalized spacial score (nSPS) is 15.5. The van der Waals surface area contributed by atoms with Gasteiger partial charge >= 0.3 is 0 Å². The Hall–Kier alpha value is -3.84. The first kappa shape index (κ1) is 22.9. The van der Waals surface area contributed by atoms with E-state index in [1.54, 1.807) is 6.20 Å². The zero-order valence-corrected chi connectivity index (χ0v) is 20.2. The van der Waals surface area contributed by atoms with Crippen LogP contribution in [-0.4, -0.2) is 36.1 Å². The molecule has 0 N–H and O–H groups in total. The quantitative estimate of drug-likeness (QED) is 0.312. The topological polar surface area (TPSA) is 70.7 Å². The third-order valence-corrected chi connectivity index (χ3v) is 6.07. The maximum atomic E-state index is 6.06. The lowest BCUT2D eigenvalue weighted by atomic mass is 10.1. The van der Waals surface area contributed by atoms with Crippen LogP contribution in [0, 0.1) is 0 Å². The van der Waals surface area contributed by atoms with Gasteiger partial charge in [-0.05, 0) is 43.0 Å². The van der Waals surface area contributed by atoms with Crippen molar-refractivity contribution < 1.29 is 4.74 Å². The van der Waals surface area contributed by atoms with E-state index in [2.05, 4.69) is 34.5 Å². The molecule has 1 aliphatic heterocycles. The fourth-order valence-electron chi connectivity index (χ4n) is 4.40. The van der Waals surface area contributed by atoms with Crippen LogP contribution in [0.15, 0.2) is 79.5 Å². The highest BCUT2D eigenvalue weighted by Gasteiger charge is 2.23. The number of nitrogens with zero attached hydrogens (tertiary/aromatic N) is 6. The summed E-state index contributed by atoms with van der Waals surface area (Å²) in [4.78, 5) is 8.97. The predicted molar refractivity (Wildman–Crippen MR) is 138 cm³/mol. The molecule has 0 amide bonds. The van der Waals surface area contributed by atoms with Crippen molar-refractivity contribution in [3.05, 3.63) is 85.1 Å². The molecule has 4 aromatic heterocycles. The molecule has 7 nitrogen and oxygen atoms in total. The predicted octanol–water partition coefficient (Wildman–Crippen LogP) is 6.13. The Balaban J connectivity index is 0.00000124. The van der Waals surface area contributed by atoms with Crippen molar-refractivity contribution in [2.45, 2.75) is 45.9 Å². The van der Waals surface area contributed by atoms with Crippen molar-refractivity contribution in [3.8, 4) is 22.5 Å². The van der Waals surface area contributed by atoms with Crippen LogP contribution in [0.2, 0.25) is 0 Å². The molecule has 0 radical (unpaired) electrons. The monoisotopic (exact) mass is 466 g/mol. The van der Waals surface area contributed by atoms with Crippen molar-refractivity contribution in [1.29, 1.82) is 0 Å². The van der Waals surface area contributed by atoms with Gasteiger partial charge in [-0.25, -0.2) is 4.68 Å². The molecular formula is C28H30N6O. The number of hydrogen-bond acceptors (Lipinski definition) is 5. The van der Waals surface area contributed by atoms with Crippen LogP contribution in [-0.2, 0) is 11.3 Å². The Bertz CT molecular complexity index is 1370. The molecule has 5 aromatic rings. The van der Waals surface area contributed by atoms with E-state index in [1.807, 2.05) is 72.1 Å². The molecule has 7 heteroatoms. The number of rotatable bonds is 5. The van der Waals surface area contributed by atoms with Crippen LogP contribution < -0.4 is 0 Å². The molecule has 1 aromatic carbocycles. The van der Waals surface area contributed by atoms with Crippen LogP contribution >= 0.6 is 0 Å². The van der Waals surface area contributed by atoms with Gasteiger partial charge in [-0.3, -0.25) is 14.6 Å². The van der Waals surface area contributed by atoms with Crippen LogP contribution in [0.4, 0.5) is 0 Å². The van der Waals surface area contributed by atoms with Gasteiger partial charge in [0.05, 0.1) is 30.1 Å². The zero-order chi connectivity index (χ0) is 24.0. The van der Waals surface area contributed by atoms with E-state index < -0.39 is 0 Å². The van der Waals surface area contributed by atoms with Gasteiger partial charge in [0.15, 0.2) is 6.23 Å². The number of aromatic nitrogens is 6. The van der Waals surface area contributed by atoms with E-state index in [4.69, 9.17) is 14.8 Å². The molecule has 0 saturated carbocycles. The smallest absolute Gasteiger partial charge is 0.150 e. The summed E-state index contributed by atoms with van der Waals surface area (Å²) in [5, 5.41) is 10.7. The molecule has 5 heterocycles. The van der Waals surface area contributed by atoms with E-state index >= 15 is 0 Å². The molecule has 178 valence electrons. The van der Waals surface area contributed by atoms with Crippen molar-refractivity contribution >= 4 is 10.9 Å². The minimum atomic E-state index is -0.0691. The minimum absolute atomic E-state index is 0.0691. The van der Waals surface area contributed by atoms with Gasteiger partial charge in [0, 0.05) is 41.7 Å². The summed E-state index contributed by atoms with van der Waals surface area (Å²) in [6, 6.07) is 16.4. The third kappa shape index (κ3) is 4.86. The van der Waals surface area contributed by atoms with Crippen molar-refractivity contribution in [3.63, 3.8) is 0 Å². The average molecular weight is 467 g/mol. The lowest BCUT2D eigenvalue weighted by Gasteiger charge is -2.23. The molecule has 0 spiro atoms. The summed E-state index contributed by atoms with van der Waals surface area (Å²) in [7, 11) is 0. The summed E-state index contributed by atoms with van der Waals surface area (Å²) in [5.74, 6) is 0. The second-order valence-corrected chi connectivity index (χ2v) is 8.35. The van der Waals surface area contributed by atoms with Gasteiger partial charge in [-0.15, -0.1) is 0 Å². The van der Waals surface area contributed by atoms with Crippen LogP contribution in [0.5, 0.6) is 0 Å². The van der Waals surface area contributed by atoms with Gasteiger partial charge in [0.25, 0.3) is 0 Å². The number of hydrogen-bond donors (Lipinski definition) is 0. The summed E-state index contributed by atoms with van der Waals surface area (Å²) in [6.07, 6.45) is 12.6. The van der Waals surface area contributed by atoms with E-state index in [9.17, 15) is 0 Å². The van der Waals surface area contributed by atoms with E-state index in [0.717, 1.165) is 59.3 Å². The van der Waals surface area contributed by atoms with E-state index in [-0.39, 0.29) is 6.23 Å². The van der Waals surface area contributed by atoms with Crippen molar-refractivity contribution in [2.24, 2.45) is 0 Å². The second-order valence-electron chi connectivity index (χ2n) is 8.35. The lowest BCUT2D eigenvalue weighted by Crippen LogP contribution is -2.19. The van der Waals surface area contributed by atoms with Crippen molar-refractivity contribution in [1.82, 2.24) is 29.5 Å². The minimum Gasteiger partial charge on any atom is -0.356 e. The maximum Gasteiger partial charge on any atom is 0.150 e. The Morgan fingerprint density at radius 1 is 0.971 bits per heavy atom. The first-order chi connectivity index (χ1) is 17.3. The summed E-state index contributed by atoms with van der Waals surface area (Å²) in [6.45, 7) is 5.48. The molecule has 1 saturated heterocycles. The molecule has 1 atom stereocenters. The Morgan fingerprint density at radius 3 is 2.63 bits per heavy atom. The Kier molecular flexibility index (Phi) is 6.95. The second kappa shape index (κ2) is 10.6. The van der Waals surface area contributed by atoms with Crippen LogP contribution in [0.25, 0.3) is 33.4 Å². The van der Waals surface area contributed by atoms with Gasteiger partial charge in [0.1, 0.15) is 5.69 Å². The number of benzene rings is 1. The first-order valence-electron chi connectivity index (χ1n) is 12.3. The molecule has 35 heavy (non-hydrogen) atoms. The Labute approximate surface area is 205 Å². The summed E-state index contributed by atoms with van der Waals surface area (Å²) < 4.78 is 10.0. The van der Waals surface area contributed by atoms with Crippen molar-refractivity contribution in [2.75, 3.05) is 6.61 Å². The number of fused-ring (bicyclic) bond motifs is 1. The third-order valence-electron chi connectivity index (χ3n) is 6.07. The number of pyridine rings is 2. The molecule has 1 unspecified atom stereocenters. The molecule has 6 rings (SSSR count). The lowest BCUT2D eigenvalue weighted by molar-refractivity contribution is -0.0365. The maximum absolute atomic E-state index is 6.06. The number of ether oxygens (including phenoxy) is 1. The van der Waals surface area contributed by atoms with Gasteiger partial charge in [0.2, 0.25) is 0 Å². The fraction of sp³-hybridized carbons (Fsp3) is 0.286. The zero-order valence-electron chi connectivity index (χ0n) is 20.2. The standard InChI is InChI=1S/C26H24N6O.C2H6/c1-2-7-19(8-3-1)17-31-18-21(15-29-31)26-22-13-23(20-9-6-11-27-14-20)28-16-24(22)32(30-26)25-10-4-5-12-33-25;1-2/h1-3,6-9,11,13-16,18,25H,4-5,10,12,17H2;1-2H3. The Morgan fingerprint density at radius 2 is 1.86 bits per heavy atom. The molecule has 0 bridgehead atoms. The van der Waals surface area contributed by atoms with Gasteiger partial charge in [-0.2, -0.15) is 10.2 Å². The molecular weight excluding hydrogens is 436 g/mol.